The zero-order valence-corrected chi connectivity index (χ0v) is 18.0. The Morgan fingerprint density at radius 1 is 1.12 bits per heavy atom. The van der Waals surface area contributed by atoms with Crippen molar-refractivity contribution in [2.45, 2.75) is 30.7 Å². The van der Waals surface area contributed by atoms with Crippen LogP contribution in [0.15, 0.2) is 48.5 Å². The Labute approximate surface area is 190 Å². The van der Waals surface area contributed by atoms with Crippen LogP contribution in [0.3, 0.4) is 0 Å². The molecule has 174 valence electrons. The van der Waals surface area contributed by atoms with E-state index in [0.29, 0.717) is 17.1 Å². The van der Waals surface area contributed by atoms with E-state index in [0.717, 1.165) is 5.56 Å². The zero-order valence-electron chi connectivity index (χ0n) is 18.0. The Morgan fingerprint density at radius 3 is 2.48 bits per heavy atom. The molecule has 2 atom stereocenters. The standard InChI is InChI=1S/C23H25N3O7/c1-32-15-7-8-17-16(13-15)23(33-22(31)25-17)9-11-26(12-10-23)21(30)19(28)18(27)20(29)24-14-5-3-2-4-6-14/h2-8,13,18-19,27-28H,9-12H2,1H3,(H,24,29)(H,25,31). The molecule has 2 aliphatic heterocycles. The molecule has 0 saturated carbocycles. The quantitative estimate of drug-likeness (QED) is 0.535. The lowest BCUT2D eigenvalue weighted by molar-refractivity contribution is -0.154. The number of rotatable bonds is 5. The van der Waals surface area contributed by atoms with E-state index in [1.165, 1.54) is 4.90 Å². The highest BCUT2D eigenvalue weighted by Gasteiger charge is 2.46. The molecule has 4 rings (SSSR count). The summed E-state index contributed by atoms with van der Waals surface area (Å²) >= 11 is 0. The van der Waals surface area contributed by atoms with Gasteiger partial charge in [0, 0.05) is 37.2 Å². The summed E-state index contributed by atoms with van der Waals surface area (Å²) in [5.41, 5.74) is 0.844. The van der Waals surface area contributed by atoms with Crippen molar-refractivity contribution in [2.75, 3.05) is 30.8 Å². The molecule has 0 radical (unpaired) electrons. The van der Waals surface area contributed by atoms with Gasteiger partial charge in [-0.15, -0.1) is 0 Å². The Morgan fingerprint density at radius 2 is 1.82 bits per heavy atom. The van der Waals surface area contributed by atoms with Crippen LogP contribution < -0.4 is 15.4 Å². The maximum Gasteiger partial charge on any atom is 0.412 e. The molecule has 2 heterocycles. The maximum atomic E-state index is 12.8. The van der Waals surface area contributed by atoms with Crippen LogP contribution in [0, 0.1) is 0 Å². The smallest absolute Gasteiger partial charge is 0.412 e. The number of benzene rings is 2. The number of hydrogen-bond acceptors (Lipinski definition) is 7. The fourth-order valence-corrected chi connectivity index (χ4v) is 4.17. The number of aliphatic hydroxyl groups is 2. The van der Waals surface area contributed by atoms with E-state index < -0.39 is 35.7 Å². The molecule has 0 bridgehead atoms. The number of fused-ring (bicyclic) bond motifs is 2. The van der Waals surface area contributed by atoms with Crippen LogP contribution in [0.4, 0.5) is 16.2 Å². The number of nitrogens with zero attached hydrogens (tertiary/aromatic N) is 1. The molecule has 2 unspecified atom stereocenters. The number of piperidine rings is 1. The molecule has 0 aliphatic carbocycles. The highest BCUT2D eigenvalue weighted by Crippen LogP contribution is 2.44. The monoisotopic (exact) mass is 455 g/mol. The zero-order chi connectivity index (χ0) is 23.6. The van der Waals surface area contributed by atoms with Gasteiger partial charge in [-0.25, -0.2) is 4.79 Å². The van der Waals surface area contributed by atoms with E-state index in [1.807, 2.05) is 0 Å². The fraction of sp³-hybridized carbons (Fsp3) is 0.348. The van der Waals surface area contributed by atoms with E-state index in [9.17, 15) is 24.6 Å². The third-order valence-corrected chi connectivity index (χ3v) is 5.99. The van der Waals surface area contributed by atoms with Gasteiger partial charge < -0.3 is 29.9 Å². The lowest BCUT2D eigenvalue weighted by Gasteiger charge is -2.44. The minimum atomic E-state index is -1.93. The van der Waals surface area contributed by atoms with Crippen molar-refractivity contribution >= 4 is 29.3 Å². The second kappa shape index (κ2) is 9.08. The predicted octanol–water partition coefficient (Wildman–Crippen LogP) is 1.44. The molecular weight excluding hydrogens is 430 g/mol. The van der Waals surface area contributed by atoms with Gasteiger partial charge in [0.15, 0.2) is 12.2 Å². The van der Waals surface area contributed by atoms with Crippen LogP contribution in [0.25, 0.3) is 0 Å². The Hall–Kier alpha value is -3.63. The lowest BCUT2D eigenvalue weighted by Crippen LogP contribution is -2.54. The van der Waals surface area contributed by atoms with Crippen molar-refractivity contribution in [1.29, 1.82) is 0 Å². The Kier molecular flexibility index (Phi) is 6.21. The van der Waals surface area contributed by atoms with E-state index in [-0.39, 0.29) is 25.9 Å². The predicted molar refractivity (Wildman–Crippen MR) is 118 cm³/mol. The molecule has 3 amide bonds. The molecule has 1 spiro atoms. The number of nitrogens with one attached hydrogen (secondary N) is 2. The van der Waals surface area contributed by atoms with Crippen molar-refractivity contribution in [2.24, 2.45) is 0 Å². The minimum absolute atomic E-state index is 0.160. The molecule has 2 aromatic rings. The van der Waals surface area contributed by atoms with Crippen LogP contribution in [0.5, 0.6) is 5.75 Å². The average molecular weight is 455 g/mol. The highest BCUT2D eigenvalue weighted by atomic mass is 16.6. The van der Waals surface area contributed by atoms with Crippen molar-refractivity contribution in [3.63, 3.8) is 0 Å². The summed E-state index contributed by atoms with van der Waals surface area (Å²) in [7, 11) is 1.54. The first-order chi connectivity index (χ1) is 15.8. The van der Waals surface area contributed by atoms with Gasteiger partial charge in [0.1, 0.15) is 11.4 Å². The topological polar surface area (TPSA) is 137 Å². The van der Waals surface area contributed by atoms with Gasteiger partial charge in [-0.05, 0) is 30.3 Å². The summed E-state index contributed by atoms with van der Waals surface area (Å²) in [5, 5.41) is 25.7. The van der Waals surface area contributed by atoms with E-state index in [4.69, 9.17) is 9.47 Å². The molecule has 0 aromatic heterocycles. The number of likely N-dealkylation sites (tertiary alicyclic amines) is 1. The third kappa shape index (κ3) is 4.48. The third-order valence-electron chi connectivity index (χ3n) is 5.99. The maximum absolute atomic E-state index is 12.8. The number of hydrogen-bond donors (Lipinski definition) is 4. The summed E-state index contributed by atoms with van der Waals surface area (Å²) in [4.78, 5) is 38.5. The van der Waals surface area contributed by atoms with Crippen LogP contribution in [-0.4, -0.2) is 65.4 Å². The SMILES string of the molecule is COc1ccc2c(c1)C1(CCN(C(=O)C(O)C(O)C(=O)Nc3ccccc3)CC1)OC(=O)N2. The normalized spacial score (nSPS) is 18.4. The second-order valence-corrected chi connectivity index (χ2v) is 7.99. The molecule has 2 aromatic carbocycles. The van der Waals surface area contributed by atoms with E-state index in [2.05, 4.69) is 10.6 Å². The number of ether oxygens (including phenoxy) is 2. The summed E-state index contributed by atoms with van der Waals surface area (Å²) in [6.07, 6.45) is -3.88. The second-order valence-electron chi connectivity index (χ2n) is 7.99. The molecule has 4 N–H and O–H groups in total. The molecule has 2 aliphatic rings. The number of anilines is 2. The minimum Gasteiger partial charge on any atom is -0.497 e. The number of carbonyl (C=O) groups excluding carboxylic acids is 3. The number of carbonyl (C=O) groups is 3. The van der Waals surface area contributed by atoms with Gasteiger partial charge in [0.2, 0.25) is 0 Å². The Bertz CT molecular complexity index is 1050. The molecule has 1 saturated heterocycles. The van der Waals surface area contributed by atoms with Gasteiger partial charge >= 0.3 is 6.09 Å². The van der Waals surface area contributed by atoms with E-state index >= 15 is 0 Å². The molecule has 10 heteroatoms. The number of para-hydroxylation sites is 1. The van der Waals surface area contributed by atoms with Crippen LogP contribution in [0.2, 0.25) is 0 Å². The van der Waals surface area contributed by atoms with Crippen LogP contribution in [-0.2, 0) is 19.9 Å². The number of amides is 3. The van der Waals surface area contributed by atoms with Crippen molar-refractivity contribution in [3.05, 3.63) is 54.1 Å². The lowest BCUT2D eigenvalue weighted by atomic mass is 9.82. The van der Waals surface area contributed by atoms with Crippen molar-refractivity contribution < 1.29 is 34.1 Å². The van der Waals surface area contributed by atoms with Gasteiger partial charge in [0.25, 0.3) is 11.8 Å². The van der Waals surface area contributed by atoms with Crippen LogP contribution >= 0.6 is 0 Å². The summed E-state index contributed by atoms with van der Waals surface area (Å²) in [5.74, 6) is -1.05. The average Bonchev–Trinajstić information content (AvgIpc) is 2.83. The number of aliphatic hydroxyl groups excluding tert-OH is 2. The Balaban J connectivity index is 1.43. The van der Waals surface area contributed by atoms with Gasteiger partial charge in [-0.2, -0.15) is 0 Å². The first-order valence-corrected chi connectivity index (χ1v) is 10.5. The first kappa shape index (κ1) is 22.6. The first-order valence-electron chi connectivity index (χ1n) is 10.5. The fourth-order valence-electron chi connectivity index (χ4n) is 4.17. The van der Waals surface area contributed by atoms with Gasteiger partial charge in [-0.3, -0.25) is 14.9 Å². The summed E-state index contributed by atoms with van der Waals surface area (Å²) < 4.78 is 11.0. The summed E-state index contributed by atoms with van der Waals surface area (Å²) in [6, 6.07) is 13.7. The summed E-state index contributed by atoms with van der Waals surface area (Å²) in [6.45, 7) is 0.319. The van der Waals surface area contributed by atoms with Crippen LogP contribution in [0.1, 0.15) is 18.4 Å². The van der Waals surface area contributed by atoms with Crippen molar-refractivity contribution in [1.82, 2.24) is 4.90 Å². The largest absolute Gasteiger partial charge is 0.497 e. The van der Waals surface area contributed by atoms with Gasteiger partial charge in [0.05, 0.1) is 12.8 Å². The number of methoxy groups -OCH3 is 1. The van der Waals surface area contributed by atoms with Gasteiger partial charge in [-0.1, -0.05) is 18.2 Å². The molecular formula is C23H25N3O7. The molecule has 10 nitrogen and oxygen atoms in total. The van der Waals surface area contributed by atoms with Crippen molar-refractivity contribution in [3.8, 4) is 5.75 Å². The molecule has 33 heavy (non-hydrogen) atoms. The highest BCUT2D eigenvalue weighted by molar-refractivity contribution is 5.98. The molecule has 1 fully saturated rings. The van der Waals surface area contributed by atoms with E-state index in [1.54, 1.807) is 55.6 Å².